The molecule has 2 heterocycles. The van der Waals surface area contributed by atoms with E-state index in [2.05, 4.69) is 10.3 Å². The molecular formula is C20H20N4O3S. The van der Waals surface area contributed by atoms with Gasteiger partial charge in [-0.3, -0.25) is 9.78 Å². The summed E-state index contributed by atoms with van der Waals surface area (Å²) in [6.07, 6.45) is 2.37. The topological polar surface area (TPSA) is 105 Å². The predicted molar refractivity (Wildman–Crippen MR) is 109 cm³/mol. The quantitative estimate of drug-likeness (QED) is 0.704. The van der Waals surface area contributed by atoms with E-state index in [0.717, 1.165) is 22.2 Å². The summed E-state index contributed by atoms with van der Waals surface area (Å²) in [5, 5.41) is 9.06. The summed E-state index contributed by atoms with van der Waals surface area (Å²) >= 11 is 0. The molecule has 8 heteroatoms. The maximum atomic E-state index is 12.7. The molecule has 0 saturated heterocycles. The van der Waals surface area contributed by atoms with Gasteiger partial charge in [0.05, 0.1) is 22.6 Å². The van der Waals surface area contributed by atoms with Crippen LogP contribution >= 0.6 is 0 Å². The summed E-state index contributed by atoms with van der Waals surface area (Å²) in [7, 11) is -3.75. The average molecular weight is 396 g/mol. The number of rotatable bonds is 4. The number of benzene rings is 2. The highest BCUT2D eigenvalue weighted by atomic mass is 32.2. The maximum absolute atomic E-state index is 12.7. The second-order valence-corrected chi connectivity index (χ2v) is 8.50. The summed E-state index contributed by atoms with van der Waals surface area (Å²) in [5.41, 5.74) is 3.26. The first-order valence-corrected chi connectivity index (χ1v) is 10.4. The van der Waals surface area contributed by atoms with Gasteiger partial charge in [-0.1, -0.05) is 6.07 Å². The molecule has 0 saturated carbocycles. The highest BCUT2D eigenvalue weighted by molar-refractivity contribution is 7.89. The Morgan fingerprint density at radius 2 is 2.07 bits per heavy atom. The number of carbonyl (C=O) groups excluding carboxylic acids is 1. The molecule has 28 heavy (non-hydrogen) atoms. The molecule has 4 rings (SSSR count). The number of carbonyl (C=O) groups is 1. The lowest BCUT2D eigenvalue weighted by atomic mass is 10.1. The van der Waals surface area contributed by atoms with Gasteiger partial charge in [0, 0.05) is 23.3 Å². The van der Waals surface area contributed by atoms with Crippen LogP contribution in [0.15, 0.2) is 59.6 Å². The zero-order valence-electron chi connectivity index (χ0n) is 15.3. The lowest BCUT2D eigenvalue weighted by molar-refractivity contribution is -0.115. The first-order valence-electron chi connectivity index (χ1n) is 8.89. The van der Waals surface area contributed by atoms with E-state index in [1.807, 2.05) is 42.2 Å². The summed E-state index contributed by atoms with van der Waals surface area (Å²) in [4.78, 5) is 19.1. The molecule has 144 valence electrons. The van der Waals surface area contributed by atoms with Crippen LogP contribution in [0.2, 0.25) is 0 Å². The number of nitrogens with two attached hydrogens (primary N) is 1. The Bertz CT molecular complexity index is 1170. The minimum atomic E-state index is -3.75. The summed E-state index contributed by atoms with van der Waals surface area (Å²) < 4.78 is 23.2. The van der Waals surface area contributed by atoms with Crippen molar-refractivity contribution in [2.24, 2.45) is 5.14 Å². The molecule has 2 aromatic carbocycles. The van der Waals surface area contributed by atoms with E-state index in [0.29, 0.717) is 12.1 Å². The molecule has 1 amide bonds. The van der Waals surface area contributed by atoms with E-state index in [1.54, 1.807) is 18.3 Å². The van der Waals surface area contributed by atoms with E-state index in [4.69, 9.17) is 5.14 Å². The third-order valence-corrected chi connectivity index (χ3v) is 5.88. The van der Waals surface area contributed by atoms with Crippen LogP contribution in [0.25, 0.3) is 10.9 Å². The van der Waals surface area contributed by atoms with Gasteiger partial charge >= 0.3 is 0 Å². The number of primary sulfonamides is 1. The lowest BCUT2D eigenvalue weighted by Gasteiger charge is -2.24. The molecule has 1 aromatic heterocycles. The second kappa shape index (κ2) is 6.88. The van der Waals surface area contributed by atoms with Crippen molar-refractivity contribution in [2.45, 2.75) is 24.3 Å². The fraction of sp³-hybridized carbons (Fsp3) is 0.200. The number of nitrogens with one attached hydrogen (secondary N) is 1. The van der Waals surface area contributed by atoms with Crippen LogP contribution < -0.4 is 15.4 Å². The summed E-state index contributed by atoms with van der Waals surface area (Å²) in [6.45, 7) is 2.17. The highest BCUT2D eigenvalue weighted by Crippen LogP contribution is 2.33. The van der Waals surface area contributed by atoms with E-state index < -0.39 is 10.0 Å². The lowest BCUT2D eigenvalue weighted by Crippen LogP contribution is -2.37. The van der Waals surface area contributed by atoms with Gasteiger partial charge in [-0.2, -0.15) is 0 Å². The summed E-state index contributed by atoms with van der Waals surface area (Å²) in [6, 6.07) is 14.2. The predicted octanol–water partition coefficient (Wildman–Crippen LogP) is 2.27. The van der Waals surface area contributed by atoms with E-state index in [-0.39, 0.29) is 23.4 Å². The molecule has 1 atom stereocenters. The molecule has 7 nitrogen and oxygen atoms in total. The number of aromatic nitrogens is 1. The van der Waals surface area contributed by atoms with Crippen LogP contribution in [-0.2, 0) is 21.2 Å². The first-order chi connectivity index (χ1) is 13.3. The SMILES string of the molecule is CC1Cc2cc(S(N)(=O)=O)ccc2N1CC(=O)Nc1cccc2ncccc12. The second-order valence-electron chi connectivity index (χ2n) is 6.94. The van der Waals surface area contributed by atoms with Crippen LogP contribution in [0.4, 0.5) is 11.4 Å². The van der Waals surface area contributed by atoms with E-state index in [9.17, 15) is 13.2 Å². The van der Waals surface area contributed by atoms with Gasteiger partial charge in [0.25, 0.3) is 0 Å². The van der Waals surface area contributed by atoms with Gasteiger partial charge in [0.15, 0.2) is 0 Å². The van der Waals surface area contributed by atoms with Crippen molar-refractivity contribution < 1.29 is 13.2 Å². The Kier molecular flexibility index (Phi) is 4.52. The van der Waals surface area contributed by atoms with Crippen molar-refractivity contribution in [1.82, 2.24) is 4.98 Å². The molecular weight excluding hydrogens is 376 g/mol. The Morgan fingerprint density at radius 1 is 1.25 bits per heavy atom. The van der Waals surface area contributed by atoms with Crippen molar-refractivity contribution in [2.75, 3.05) is 16.8 Å². The van der Waals surface area contributed by atoms with Gasteiger partial charge in [0.2, 0.25) is 15.9 Å². The minimum absolute atomic E-state index is 0.0747. The number of sulfonamides is 1. The highest BCUT2D eigenvalue weighted by Gasteiger charge is 2.28. The molecule has 1 aliphatic rings. The van der Waals surface area contributed by atoms with Crippen LogP contribution in [0.5, 0.6) is 0 Å². The van der Waals surface area contributed by atoms with E-state index >= 15 is 0 Å². The number of nitrogens with zero attached hydrogens (tertiary/aromatic N) is 2. The molecule has 0 spiro atoms. The number of fused-ring (bicyclic) bond motifs is 2. The molecule has 3 aromatic rings. The Labute approximate surface area is 163 Å². The van der Waals surface area contributed by atoms with Crippen molar-refractivity contribution in [3.63, 3.8) is 0 Å². The zero-order chi connectivity index (χ0) is 19.9. The molecule has 1 aliphatic heterocycles. The minimum Gasteiger partial charge on any atom is -0.359 e. The van der Waals surface area contributed by atoms with Crippen molar-refractivity contribution in [3.05, 3.63) is 60.3 Å². The third kappa shape index (κ3) is 3.44. The standard InChI is InChI=1S/C20H20N4O3S/c1-13-10-14-11-15(28(21,26)27)7-8-19(14)24(13)12-20(25)23-18-6-2-5-17-16(18)4-3-9-22-17/h2-9,11,13H,10,12H2,1H3,(H,23,25)(H2,21,26,27). The summed E-state index contributed by atoms with van der Waals surface area (Å²) in [5.74, 6) is -0.147. The van der Waals surface area contributed by atoms with Crippen molar-refractivity contribution in [1.29, 1.82) is 0 Å². The number of hydrogen-bond donors (Lipinski definition) is 2. The van der Waals surface area contributed by atoms with Crippen molar-refractivity contribution in [3.8, 4) is 0 Å². The monoisotopic (exact) mass is 396 g/mol. The van der Waals surface area contributed by atoms with Gasteiger partial charge in [-0.05, 0) is 61.4 Å². The van der Waals surface area contributed by atoms with Gasteiger partial charge in [-0.25, -0.2) is 13.6 Å². The normalized spacial score (nSPS) is 16.2. The fourth-order valence-corrected chi connectivity index (χ4v) is 4.21. The fourth-order valence-electron chi connectivity index (χ4n) is 3.65. The van der Waals surface area contributed by atoms with Gasteiger partial charge in [-0.15, -0.1) is 0 Å². The Hall–Kier alpha value is -2.97. The van der Waals surface area contributed by atoms with Crippen LogP contribution in [0, 0.1) is 0 Å². The number of amides is 1. The van der Waals surface area contributed by atoms with Gasteiger partial charge in [0.1, 0.15) is 0 Å². The Balaban J connectivity index is 1.56. The Morgan fingerprint density at radius 3 is 2.86 bits per heavy atom. The molecule has 0 fully saturated rings. The number of pyridine rings is 1. The van der Waals surface area contributed by atoms with Crippen LogP contribution in [0.3, 0.4) is 0 Å². The number of hydrogen-bond acceptors (Lipinski definition) is 5. The molecule has 1 unspecified atom stereocenters. The first kappa shape index (κ1) is 18.4. The molecule has 0 radical (unpaired) electrons. The van der Waals surface area contributed by atoms with Crippen LogP contribution in [-0.4, -0.2) is 31.9 Å². The van der Waals surface area contributed by atoms with Gasteiger partial charge < -0.3 is 10.2 Å². The molecule has 0 aliphatic carbocycles. The third-order valence-electron chi connectivity index (χ3n) is 4.97. The molecule has 0 bridgehead atoms. The van der Waals surface area contributed by atoms with Crippen molar-refractivity contribution >= 4 is 38.2 Å². The maximum Gasteiger partial charge on any atom is 0.243 e. The zero-order valence-corrected chi connectivity index (χ0v) is 16.1. The van der Waals surface area contributed by atoms with E-state index in [1.165, 1.54) is 6.07 Å². The number of anilines is 2. The molecule has 3 N–H and O–H groups in total. The largest absolute Gasteiger partial charge is 0.359 e. The van der Waals surface area contributed by atoms with Crippen LogP contribution in [0.1, 0.15) is 12.5 Å². The smallest absolute Gasteiger partial charge is 0.243 e. The average Bonchev–Trinajstić information content (AvgIpc) is 2.96.